The minimum absolute atomic E-state index is 0.00933. The lowest BCUT2D eigenvalue weighted by Gasteiger charge is -2.17. The van der Waals surface area contributed by atoms with Crippen molar-refractivity contribution in [3.8, 4) is 0 Å². The summed E-state index contributed by atoms with van der Waals surface area (Å²) in [6.45, 7) is 0.112. The number of halogens is 1. The number of anilines is 2. The van der Waals surface area contributed by atoms with Gasteiger partial charge in [0.05, 0.1) is 23.7 Å². The zero-order valence-electron chi connectivity index (χ0n) is 13.3. The van der Waals surface area contributed by atoms with Gasteiger partial charge in [-0.05, 0) is 24.3 Å². The third kappa shape index (κ3) is 3.53. The Bertz CT molecular complexity index is 836. The molecular formula is C17H15FN2O4S. The lowest BCUT2D eigenvalue weighted by atomic mass is 10.1. The van der Waals surface area contributed by atoms with Crippen molar-refractivity contribution >= 4 is 39.8 Å². The van der Waals surface area contributed by atoms with E-state index in [1.54, 1.807) is 24.3 Å². The Morgan fingerprint density at radius 2 is 2.04 bits per heavy atom. The summed E-state index contributed by atoms with van der Waals surface area (Å²) < 4.78 is 18.5. The Kier molecular flexibility index (Phi) is 4.80. The molecule has 2 amide bonds. The van der Waals surface area contributed by atoms with Gasteiger partial charge in [0.15, 0.2) is 0 Å². The minimum Gasteiger partial charge on any atom is -0.465 e. The number of benzene rings is 1. The van der Waals surface area contributed by atoms with Crippen LogP contribution in [0.4, 0.5) is 15.1 Å². The van der Waals surface area contributed by atoms with E-state index >= 15 is 0 Å². The van der Waals surface area contributed by atoms with E-state index in [4.69, 9.17) is 0 Å². The number of esters is 1. The Morgan fingerprint density at radius 3 is 2.76 bits per heavy atom. The average Bonchev–Trinajstić information content (AvgIpc) is 3.21. The molecule has 2 aromatic rings. The van der Waals surface area contributed by atoms with E-state index in [0.717, 1.165) is 11.3 Å². The molecule has 1 fully saturated rings. The molecule has 0 radical (unpaired) electrons. The number of ether oxygens (including phenoxy) is 1. The summed E-state index contributed by atoms with van der Waals surface area (Å²) in [7, 11) is 1.28. The van der Waals surface area contributed by atoms with Crippen molar-refractivity contribution in [3.63, 3.8) is 0 Å². The quantitative estimate of drug-likeness (QED) is 0.849. The predicted octanol–water partition coefficient (Wildman–Crippen LogP) is 2.67. The summed E-state index contributed by atoms with van der Waals surface area (Å²) >= 11 is 1.09. The highest BCUT2D eigenvalue weighted by Gasteiger charge is 2.36. The maximum Gasteiger partial charge on any atom is 0.348 e. The van der Waals surface area contributed by atoms with Gasteiger partial charge in [-0.3, -0.25) is 9.59 Å². The molecule has 1 aromatic heterocycles. The normalized spacial score (nSPS) is 16.8. The van der Waals surface area contributed by atoms with Crippen molar-refractivity contribution in [2.24, 2.45) is 5.92 Å². The van der Waals surface area contributed by atoms with Crippen molar-refractivity contribution in [1.82, 2.24) is 0 Å². The van der Waals surface area contributed by atoms with E-state index in [0.29, 0.717) is 9.88 Å². The molecule has 0 saturated carbocycles. The van der Waals surface area contributed by atoms with Crippen LogP contribution in [0.1, 0.15) is 16.1 Å². The number of carbonyl (C=O) groups excluding carboxylic acids is 3. The summed E-state index contributed by atoms with van der Waals surface area (Å²) in [6, 6.07) is 9.11. The maximum atomic E-state index is 13.9. The van der Waals surface area contributed by atoms with Crippen LogP contribution in [0.15, 0.2) is 36.4 Å². The van der Waals surface area contributed by atoms with Crippen LogP contribution in [-0.2, 0) is 14.3 Å². The molecule has 0 aliphatic carbocycles. The molecule has 25 heavy (non-hydrogen) atoms. The van der Waals surface area contributed by atoms with E-state index in [1.165, 1.54) is 24.1 Å². The van der Waals surface area contributed by atoms with E-state index in [-0.39, 0.29) is 30.5 Å². The lowest BCUT2D eigenvalue weighted by Crippen LogP contribution is -2.28. The van der Waals surface area contributed by atoms with E-state index < -0.39 is 17.7 Å². The fraction of sp³-hybridized carbons (Fsp3) is 0.235. The van der Waals surface area contributed by atoms with E-state index in [9.17, 15) is 18.8 Å². The molecule has 0 spiro atoms. The standard InChI is InChI=1S/C17H15FN2O4S/c1-24-17(23)13-6-7-14(25-13)19-16(22)10-8-15(21)20(9-10)12-5-3-2-4-11(12)18/h2-7,10H,8-9H2,1H3,(H,19,22). The molecule has 2 heterocycles. The zero-order valence-corrected chi connectivity index (χ0v) is 14.1. The first-order chi connectivity index (χ1) is 12.0. The number of hydrogen-bond donors (Lipinski definition) is 1. The second kappa shape index (κ2) is 7.02. The average molecular weight is 362 g/mol. The van der Waals surface area contributed by atoms with Gasteiger partial charge in [-0.15, -0.1) is 11.3 Å². The Morgan fingerprint density at radius 1 is 1.28 bits per heavy atom. The summed E-state index contributed by atoms with van der Waals surface area (Å²) in [4.78, 5) is 37.6. The van der Waals surface area contributed by atoms with Crippen LogP contribution >= 0.6 is 11.3 Å². The number of amides is 2. The molecular weight excluding hydrogens is 347 g/mol. The molecule has 1 aliphatic heterocycles. The largest absolute Gasteiger partial charge is 0.465 e. The SMILES string of the molecule is COC(=O)c1ccc(NC(=O)C2CC(=O)N(c3ccccc3F)C2)s1. The number of rotatable bonds is 4. The van der Waals surface area contributed by atoms with Crippen LogP contribution in [0.2, 0.25) is 0 Å². The first-order valence-corrected chi connectivity index (χ1v) is 8.35. The lowest BCUT2D eigenvalue weighted by molar-refractivity contribution is -0.122. The second-order valence-electron chi connectivity index (χ2n) is 5.50. The topological polar surface area (TPSA) is 75.7 Å². The van der Waals surface area contributed by atoms with Gasteiger partial charge in [0.25, 0.3) is 0 Å². The highest BCUT2D eigenvalue weighted by molar-refractivity contribution is 7.18. The van der Waals surface area contributed by atoms with Crippen LogP contribution in [0.5, 0.6) is 0 Å². The van der Waals surface area contributed by atoms with Gasteiger partial charge in [-0.2, -0.15) is 0 Å². The smallest absolute Gasteiger partial charge is 0.348 e. The predicted molar refractivity (Wildman–Crippen MR) is 91.1 cm³/mol. The number of para-hydroxylation sites is 1. The van der Waals surface area contributed by atoms with Crippen LogP contribution in [-0.4, -0.2) is 31.4 Å². The van der Waals surface area contributed by atoms with Gasteiger partial charge in [0.2, 0.25) is 11.8 Å². The Labute approximate surface area is 147 Å². The first kappa shape index (κ1) is 17.1. The van der Waals surface area contributed by atoms with Crippen molar-refractivity contribution in [2.75, 3.05) is 23.9 Å². The molecule has 1 aliphatic rings. The molecule has 1 N–H and O–H groups in total. The second-order valence-corrected chi connectivity index (χ2v) is 6.59. The molecule has 3 rings (SSSR count). The number of nitrogens with zero attached hydrogens (tertiary/aromatic N) is 1. The molecule has 8 heteroatoms. The van der Waals surface area contributed by atoms with Gasteiger partial charge >= 0.3 is 5.97 Å². The van der Waals surface area contributed by atoms with Crippen LogP contribution < -0.4 is 10.2 Å². The molecule has 130 valence electrons. The highest BCUT2D eigenvalue weighted by atomic mass is 32.1. The summed E-state index contributed by atoms with van der Waals surface area (Å²) in [6.07, 6.45) is 0.00933. The number of nitrogens with one attached hydrogen (secondary N) is 1. The summed E-state index contributed by atoms with van der Waals surface area (Å²) in [5.74, 6) is -2.21. The molecule has 1 atom stereocenters. The zero-order chi connectivity index (χ0) is 18.0. The fourth-order valence-corrected chi connectivity index (χ4v) is 3.45. The summed E-state index contributed by atoms with van der Waals surface area (Å²) in [5, 5.41) is 3.18. The molecule has 0 bridgehead atoms. The minimum atomic E-state index is -0.587. The van der Waals surface area contributed by atoms with Crippen LogP contribution in [0.25, 0.3) is 0 Å². The number of carbonyl (C=O) groups is 3. The van der Waals surface area contributed by atoms with Crippen LogP contribution in [0.3, 0.4) is 0 Å². The molecule has 1 unspecified atom stereocenters. The van der Waals surface area contributed by atoms with Gasteiger partial charge in [0.1, 0.15) is 10.7 Å². The van der Waals surface area contributed by atoms with E-state index in [2.05, 4.69) is 10.1 Å². The van der Waals surface area contributed by atoms with Gasteiger partial charge in [-0.1, -0.05) is 12.1 Å². The van der Waals surface area contributed by atoms with Crippen molar-refractivity contribution in [1.29, 1.82) is 0 Å². The number of hydrogen-bond acceptors (Lipinski definition) is 5. The number of thiophene rings is 1. The van der Waals surface area contributed by atoms with Gasteiger partial charge < -0.3 is 15.0 Å². The Balaban J connectivity index is 1.68. The third-order valence-electron chi connectivity index (χ3n) is 3.88. The highest BCUT2D eigenvalue weighted by Crippen LogP contribution is 2.29. The fourth-order valence-electron chi connectivity index (χ4n) is 2.63. The van der Waals surface area contributed by atoms with Crippen LogP contribution in [0, 0.1) is 11.7 Å². The first-order valence-electron chi connectivity index (χ1n) is 7.53. The van der Waals surface area contributed by atoms with Crippen molar-refractivity contribution in [3.05, 3.63) is 47.1 Å². The number of methoxy groups -OCH3 is 1. The monoisotopic (exact) mass is 362 g/mol. The molecule has 1 saturated heterocycles. The van der Waals surface area contributed by atoms with E-state index in [1.807, 2.05) is 0 Å². The molecule has 1 aromatic carbocycles. The summed E-state index contributed by atoms with van der Waals surface area (Å²) in [5.41, 5.74) is 0.173. The molecule has 6 nitrogen and oxygen atoms in total. The van der Waals surface area contributed by atoms with Gasteiger partial charge in [0, 0.05) is 13.0 Å². The van der Waals surface area contributed by atoms with Gasteiger partial charge in [-0.25, -0.2) is 9.18 Å². The van der Waals surface area contributed by atoms with Crippen molar-refractivity contribution in [2.45, 2.75) is 6.42 Å². The maximum absolute atomic E-state index is 13.9. The third-order valence-corrected chi connectivity index (χ3v) is 4.86. The Hall–Kier alpha value is -2.74. The van der Waals surface area contributed by atoms with Crippen molar-refractivity contribution < 1.29 is 23.5 Å².